The lowest BCUT2D eigenvalue weighted by Gasteiger charge is -2.34. The molecule has 2 fully saturated rings. The van der Waals surface area contributed by atoms with Gasteiger partial charge in [0.15, 0.2) is 0 Å². The van der Waals surface area contributed by atoms with Crippen LogP contribution in [0.3, 0.4) is 0 Å². The fourth-order valence-electron chi connectivity index (χ4n) is 7.47. The number of fused-ring (bicyclic) bond motifs is 2. The first-order valence-electron chi connectivity index (χ1n) is 19.8. The van der Waals surface area contributed by atoms with Gasteiger partial charge in [-0.15, -0.1) is 9.66 Å². The number of hydrogen-bond acceptors (Lipinski definition) is 12. The van der Waals surface area contributed by atoms with Gasteiger partial charge in [0, 0.05) is 78.5 Å². The number of hydrogen-bond donors (Lipinski definition) is 2. The van der Waals surface area contributed by atoms with Gasteiger partial charge in [-0.05, 0) is 35.4 Å². The average Bonchev–Trinajstić information content (AvgIpc) is 3.64. The van der Waals surface area contributed by atoms with E-state index in [1.807, 2.05) is 36.4 Å². The Morgan fingerprint density at radius 3 is 0.983 bits per heavy atom. The van der Waals surface area contributed by atoms with E-state index < -0.39 is 43.7 Å². The fourth-order valence-corrected chi connectivity index (χ4v) is 9.65. The summed E-state index contributed by atoms with van der Waals surface area (Å²) in [6.45, 7) is 6.58. The van der Waals surface area contributed by atoms with Crippen LogP contribution in [0.1, 0.15) is 52.6 Å². The third kappa shape index (κ3) is 10.8. The average molecular weight is 857 g/mol. The number of rotatable bonds is 14. The van der Waals surface area contributed by atoms with E-state index in [1.165, 1.54) is 11.1 Å². The smallest absolute Gasteiger partial charge is 0.261 e. The number of sulfonamides is 2. The van der Waals surface area contributed by atoms with Gasteiger partial charge in [-0.25, -0.2) is 26.9 Å². The molecule has 0 saturated carbocycles. The van der Waals surface area contributed by atoms with Gasteiger partial charge in [0.1, 0.15) is 0 Å². The van der Waals surface area contributed by atoms with Crippen molar-refractivity contribution in [1.29, 1.82) is 0 Å². The predicted molar refractivity (Wildman–Crippen MR) is 224 cm³/mol. The fraction of sp³-hybridized carbons (Fsp3) is 0.333. The molecular weight excluding hydrogens is 809 g/mol. The molecule has 4 aliphatic heterocycles. The first-order valence-corrected chi connectivity index (χ1v) is 23.1. The number of piperazine rings is 2. The Hall–Kier alpha value is -5.18. The van der Waals surface area contributed by atoms with Crippen LogP contribution < -0.4 is 9.66 Å². The minimum absolute atomic E-state index is 0.171. The third-order valence-electron chi connectivity index (χ3n) is 10.7. The Morgan fingerprint density at radius 2 is 0.683 bits per heavy atom. The minimum atomic E-state index is -3.67. The topological polar surface area (TPSA) is 180 Å². The normalized spacial score (nSPS) is 18.1. The summed E-state index contributed by atoms with van der Waals surface area (Å²) in [4.78, 5) is 61.2. The summed E-state index contributed by atoms with van der Waals surface area (Å²) in [5, 5.41) is 3.36. The Bertz CT molecular complexity index is 2170. The summed E-state index contributed by atoms with van der Waals surface area (Å²) in [5.41, 5.74) is 3.74. The van der Waals surface area contributed by atoms with Crippen molar-refractivity contribution in [3.05, 3.63) is 143 Å². The maximum atomic E-state index is 12.5. The lowest BCUT2D eigenvalue weighted by molar-refractivity contribution is 0.0647. The number of amides is 4. The monoisotopic (exact) mass is 856 g/mol. The summed E-state index contributed by atoms with van der Waals surface area (Å²) in [5.74, 6) is -2.44. The highest BCUT2D eigenvalue weighted by Crippen LogP contribution is 2.23. The van der Waals surface area contributed by atoms with Crippen LogP contribution in [-0.2, 0) is 33.1 Å². The number of nitrogens with one attached hydrogen (secondary N) is 2. The standard InChI is InChI=1S/2C21H24N4O4S/c2*26-20-18-8-4-5-9-19(18)21(27)25(20)14-15-30(28,29)22-24-12-10-23(11-13-24)16-17-6-2-1-3-7-17/h2*1-9,22H,10-16H2. The second-order valence-electron chi connectivity index (χ2n) is 14.9. The van der Waals surface area contributed by atoms with Gasteiger partial charge < -0.3 is 0 Å². The molecule has 60 heavy (non-hydrogen) atoms. The first kappa shape index (κ1) is 42.9. The molecule has 4 aromatic rings. The third-order valence-corrected chi connectivity index (χ3v) is 13.2. The molecule has 4 amide bonds. The van der Waals surface area contributed by atoms with Crippen LogP contribution in [0, 0.1) is 0 Å². The van der Waals surface area contributed by atoms with Gasteiger partial charge in [-0.3, -0.25) is 38.8 Å². The molecule has 4 aliphatic rings. The van der Waals surface area contributed by atoms with Crippen LogP contribution in [0.4, 0.5) is 0 Å². The van der Waals surface area contributed by atoms with Crippen LogP contribution in [0.15, 0.2) is 109 Å². The zero-order valence-corrected chi connectivity index (χ0v) is 34.7. The Kier molecular flexibility index (Phi) is 13.6. The van der Waals surface area contributed by atoms with Crippen LogP contribution in [0.2, 0.25) is 0 Å². The van der Waals surface area contributed by atoms with Crippen LogP contribution in [-0.4, -0.2) is 147 Å². The lowest BCUT2D eigenvalue weighted by Crippen LogP contribution is -2.54. The van der Waals surface area contributed by atoms with Crippen molar-refractivity contribution >= 4 is 43.7 Å². The largest absolute Gasteiger partial charge is 0.296 e. The molecular formula is C42H48N8O8S2. The van der Waals surface area contributed by atoms with E-state index >= 15 is 0 Å². The molecule has 2 saturated heterocycles. The van der Waals surface area contributed by atoms with Crippen molar-refractivity contribution in [2.24, 2.45) is 0 Å². The molecule has 0 spiro atoms. The van der Waals surface area contributed by atoms with E-state index in [2.05, 4.69) is 43.7 Å². The second kappa shape index (κ2) is 19.0. The first-order chi connectivity index (χ1) is 28.9. The highest BCUT2D eigenvalue weighted by atomic mass is 32.2. The molecule has 18 heteroatoms. The van der Waals surface area contributed by atoms with Crippen molar-refractivity contribution in [1.82, 2.24) is 39.3 Å². The second-order valence-corrected chi connectivity index (χ2v) is 18.6. The zero-order chi connectivity index (χ0) is 42.3. The lowest BCUT2D eigenvalue weighted by atomic mass is 10.1. The van der Waals surface area contributed by atoms with Gasteiger partial charge >= 0.3 is 0 Å². The molecule has 0 atom stereocenters. The maximum Gasteiger partial charge on any atom is 0.261 e. The molecule has 16 nitrogen and oxygen atoms in total. The zero-order valence-electron chi connectivity index (χ0n) is 33.1. The van der Waals surface area contributed by atoms with E-state index in [9.17, 15) is 36.0 Å². The molecule has 0 bridgehead atoms. The van der Waals surface area contributed by atoms with Crippen molar-refractivity contribution in [3.8, 4) is 0 Å². The number of benzene rings is 4. The molecule has 2 N–H and O–H groups in total. The highest BCUT2D eigenvalue weighted by molar-refractivity contribution is 7.89. The van der Waals surface area contributed by atoms with Gasteiger partial charge in [0.2, 0.25) is 20.0 Å². The Labute approximate surface area is 350 Å². The van der Waals surface area contributed by atoms with Gasteiger partial charge in [0.05, 0.1) is 33.8 Å². The van der Waals surface area contributed by atoms with Crippen molar-refractivity contribution in [2.45, 2.75) is 13.1 Å². The van der Waals surface area contributed by atoms with Gasteiger partial charge in [-0.1, -0.05) is 84.9 Å². The molecule has 4 aromatic carbocycles. The number of hydrazine groups is 2. The molecule has 316 valence electrons. The molecule has 0 aliphatic carbocycles. The molecule has 0 radical (unpaired) electrons. The maximum absolute atomic E-state index is 12.5. The van der Waals surface area contributed by atoms with E-state index in [1.54, 1.807) is 58.5 Å². The quantitative estimate of drug-likeness (QED) is 0.176. The van der Waals surface area contributed by atoms with Gasteiger partial charge in [0.25, 0.3) is 23.6 Å². The Balaban J connectivity index is 0.000000181. The predicted octanol–water partition coefficient (Wildman–Crippen LogP) is 1.87. The van der Waals surface area contributed by atoms with Crippen molar-refractivity contribution < 1.29 is 36.0 Å². The van der Waals surface area contributed by atoms with Crippen LogP contribution >= 0.6 is 0 Å². The summed E-state index contributed by atoms with van der Waals surface area (Å²) in [6, 6.07) is 33.4. The van der Waals surface area contributed by atoms with E-state index in [4.69, 9.17) is 0 Å². The summed E-state index contributed by atoms with van der Waals surface area (Å²) < 4.78 is 50.0. The number of carbonyl (C=O) groups is 4. The number of nitrogens with zero attached hydrogens (tertiary/aromatic N) is 6. The minimum Gasteiger partial charge on any atom is -0.296 e. The Morgan fingerprint density at radius 1 is 0.400 bits per heavy atom. The van der Waals surface area contributed by atoms with E-state index in [0.717, 1.165) is 49.1 Å². The highest BCUT2D eigenvalue weighted by Gasteiger charge is 2.37. The number of carbonyl (C=O) groups excluding carboxylic acids is 4. The molecule has 4 heterocycles. The van der Waals surface area contributed by atoms with E-state index in [0.29, 0.717) is 48.4 Å². The summed E-state index contributed by atoms with van der Waals surface area (Å²) >= 11 is 0. The van der Waals surface area contributed by atoms with Crippen molar-refractivity contribution in [2.75, 3.05) is 77.0 Å². The SMILES string of the molecule is O=C1c2ccccc2C(=O)N1CCS(=O)(=O)NN1CCN(Cc2ccccc2)CC1.O=C1c2ccccc2C(=O)N1CCS(=O)(=O)NN1CCN(Cc2ccccc2)CC1. The van der Waals surface area contributed by atoms with Crippen LogP contribution in [0.25, 0.3) is 0 Å². The van der Waals surface area contributed by atoms with E-state index in [-0.39, 0.29) is 24.6 Å². The van der Waals surface area contributed by atoms with Crippen LogP contribution in [0.5, 0.6) is 0 Å². The summed E-state index contributed by atoms with van der Waals surface area (Å²) in [7, 11) is -7.34. The van der Waals surface area contributed by atoms with Gasteiger partial charge in [-0.2, -0.15) is 0 Å². The molecule has 0 aromatic heterocycles. The number of imide groups is 2. The molecule has 0 unspecified atom stereocenters. The molecule has 8 rings (SSSR count). The summed E-state index contributed by atoms with van der Waals surface area (Å²) in [6.07, 6.45) is 0. The van der Waals surface area contributed by atoms with Crippen molar-refractivity contribution in [3.63, 3.8) is 0 Å².